The van der Waals surface area contributed by atoms with Crippen molar-refractivity contribution < 1.29 is 14.3 Å². The molecule has 202 valence electrons. The molecular weight excluding hydrogens is 535 g/mol. The highest BCUT2D eigenvalue weighted by Crippen LogP contribution is 2.27. The number of carbonyl (C=O) groups is 2. The Morgan fingerprint density at radius 1 is 1.03 bits per heavy atom. The molecule has 4 aromatic rings. The number of rotatable bonds is 10. The number of halogens is 2. The molecule has 1 N–H and O–H groups in total. The molecule has 0 fully saturated rings. The maximum absolute atomic E-state index is 13.4. The lowest BCUT2D eigenvalue weighted by molar-refractivity contribution is -0.117. The first kappa shape index (κ1) is 28.2. The average molecular weight is 566 g/mol. The summed E-state index contributed by atoms with van der Waals surface area (Å²) in [4.78, 5) is 32.9. The highest BCUT2D eigenvalue weighted by molar-refractivity contribution is 6.36. The molecule has 0 bridgehead atoms. The number of nitrogens with zero attached hydrogens (tertiary/aromatic N) is 3. The first-order valence-electron chi connectivity index (χ1n) is 12.7. The highest BCUT2D eigenvalue weighted by atomic mass is 35.5. The van der Waals surface area contributed by atoms with Gasteiger partial charge in [0.2, 0.25) is 11.9 Å². The second-order valence-corrected chi connectivity index (χ2v) is 10.2. The summed E-state index contributed by atoms with van der Waals surface area (Å²) in [5, 5.41) is 3.57. The molecular formula is C30H30Cl2N4O3. The van der Waals surface area contributed by atoms with Crippen LogP contribution in [0.15, 0.2) is 79.0 Å². The Hall–Kier alpha value is -3.81. The number of imidazole rings is 1. The molecule has 7 nitrogen and oxygen atoms in total. The molecule has 3 aromatic carbocycles. The summed E-state index contributed by atoms with van der Waals surface area (Å²) in [5.74, 6) is 0.422. The van der Waals surface area contributed by atoms with Gasteiger partial charge in [-0.1, -0.05) is 73.4 Å². The van der Waals surface area contributed by atoms with Gasteiger partial charge >= 0.3 is 0 Å². The fourth-order valence-electron chi connectivity index (χ4n) is 4.13. The summed E-state index contributed by atoms with van der Waals surface area (Å²) >= 11 is 12.3. The number of ether oxygens (including phenoxy) is 1. The smallest absolute Gasteiger partial charge is 0.255 e. The maximum atomic E-state index is 13.4. The van der Waals surface area contributed by atoms with Gasteiger partial charge in [0, 0.05) is 29.4 Å². The molecule has 0 spiro atoms. The van der Waals surface area contributed by atoms with Gasteiger partial charge in [-0.3, -0.25) is 19.5 Å². The maximum Gasteiger partial charge on any atom is 0.255 e. The van der Waals surface area contributed by atoms with E-state index in [0.29, 0.717) is 35.6 Å². The second kappa shape index (κ2) is 12.8. The molecule has 4 rings (SSSR count). The Bertz CT molecular complexity index is 1450. The van der Waals surface area contributed by atoms with E-state index in [0.717, 1.165) is 11.3 Å². The number of aromatic nitrogens is 2. The molecule has 0 aliphatic heterocycles. The van der Waals surface area contributed by atoms with E-state index in [1.165, 1.54) is 11.0 Å². The Morgan fingerprint density at radius 2 is 1.79 bits per heavy atom. The number of hydrogen-bond acceptors (Lipinski definition) is 4. The second-order valence-electron chi connectivity index (χ2n) is 9.37. The van der Waals surface area contributed by atoms with Gasteiger partial charge in [-0.2, -0.15) is 0 Å². The highest BCUT2D eigenvalue weighted by Gasteiger charge is 2.23. The van der Waals surface area contributed by atoms with Gasteiger partial charge in [0.15, 0.2) is 0 Å². The van der Waals surface area contributed by atoms with Gasteiger partial charge in [0.05, 0.1) is 28.6 Å². The van der Waals surface area contributed by atoms with Crippen molar-refractivity contribution >= 4 is 41.0 Å². The predicted octanol–water partition coefficient (Wildman–Crippen LogP) is 6.98. The average Bonchev–Trinajstić information content (AvgIpc) is 3.32. The lowest BCUT2D eigenvalue weighted by atomic mass is 10.1. The molecule has 0 aliphatic rings. The summed E-state index contributed by atoms with van der Waals surface area (Å²) in [6.45, 7) is 6.60. The fourth-order valence-corrected chi connectivity index (χ4v) is 4.62. The zero-order chi connectivity index (χ0) is 27.9. The fraction of sp³-hybridized carbons (Fsp3) is 0.233. The van der Waals surface area contributed by atoms with Crippen molar-refractivity contribution in [2.75, 3.05) is 25.0 Å². The third-order valence-electron chi connectivity index (χ3n) is 5.80. The van der Waals surface area contributed by atoms with Crippen molar-refractivity contribution in [2.24, 2.45) is 5.92 Å². The van der Waals surface area contributed by atoms with Crippen molar-refractivity contribution in [3.63, 3.8) is 0 Å². The van der Waals surface area contributed by atoms with E-state index in [2.05, 4.69) is 5.32 Å². The minimum atomic E-state index is -0.387. The molecule has 0 saturated heterocycles. The van der Waals surface area contributed by atoms with E-state index < -0.39 is 0 Å². The van der Waals surface area contributed by atoms with Crippen LogP contribution in [-0.4, -0.2) is 46.0 Å². The molecule has 0 atom stereocenters. The number of amides is 2. The van der Waals surface area contributed by atoms with Crippen LogP contribution < -0.4 is 10.1 Å². The van der Waals surface area contributed by atoms with Crippen LogP contribution in [0, 0.1) is 5.92 Å². The van der Waals surface area contributed by atoms with Gasteiger partial charge in [-0.15, -0.1) is 0 Å². The van der Waals surface area contributed by atoms with Crippen molar-refractivity contribution in [3.05, 3.63) is 94.6 Å². The minimum absolute atomic E-state index is 0.126. The van der Waals surface area contributed by atoms with E-state index in [1.807, 2.05) is 81.6 Å². The van der Waals surface area contributed by atoms with E-state index in [4.69, 9.17) is 32.9 Å². The molecule has 2 amide bonds. The van der Waals surface area contributed by atoms with Crippen molar-refractivity contribution in [3.8, 4) is 22.7 Å². The van der Waals surface area contributed by atoms with Crippen LogP contribution in [0.25, 0.3) is 16.9 Å². The van der Waals surface area contributed by atoms with Gasteiger partial charge in [-0.05, 0) is 43.2 Å². The van der Waals surface area contributed by atoms with Crippen molar-refractivity contribution in [2.45, 2.75) is 20.8 Å². The Balaban J connectivity index is 1.64. The summed E-state index contributed by atoms with van der Waals surface area (Å²) in [7, 11) is 0. The van der Waals surface area contributed by atoms with Gasteiger partial charge < -0.3 is 9.64 Å². The predicted molar refractivity (Wildman–Crippen MR) is 156 cm³/mol. The van der Waals surface area contributed by atoms with Crippen LogP contribution in [0.2, 0.25) is 10.0 Å². The largest absolute Gasteiger partial charge is 0.494 e. The van der Waals surface area contributed by atoms with Crippen LogP contribution in [0.3, 0.4) is 0 Å². The van der Waals surface area contributed by atoms with E-state index in [1.54, 1.807) is 16.7 Å². The topological polar surface area (TPSA) is 76.5 Å². The number of carbonyl (C=O) groups excluding carboxylic acids is 2. The minimum Gasteiger partial charge on any atom is -0.494 e. The third-order valence-corrected chi connectivity index (χ3v) is 6.35. The van der Waals surface area contributed by atoms with Crippen LogP contribution in [-0.2, 0) is 4.79 Å². The normalized spacial score (nSPS) is 10.9. The Labute approximate surface area is 238 Å². The molecule has 0 saturated carbocycles. The zero-order valence-electron chi connectivity index (χ0n) is 22.0. The first-order valence-corrected chi connectivity index (χ1v) is 13.4. The Morgan fingerprint density at radius 3 is 2.49 bits per heavy atom. The zero-order valence-corrected chi connectivity index (χ0v) is 23.5. The van der Waals surface area contributed by atoms with Crippen molar-refractivity contribution in [1.82, 2.24) is 14.5 Å². The summed E-state index contributed by atoms with van der Waals surface area (Å²) in [6.07, 6.45) is 1.86. The van der Waals surface area contributed by atoms with Crippen LogP contribution >= 0.6 is 23.2 Å². The monoisotopic (exact) mass is 564 g/mol. The lowest BCUT2D eigenvalue weighted by Crippen LogP contribution is -2.40. The van der Waals surface area contributed by atoms with Gasteiger partial charge in [-0.25, -0.2) is 4.98 Å². The van der Waals surface area contributed by atoms with E-state index in [9.17, 15) is 9.59 Å². The van der Waals surface area contributed by atoms with E-state index >= 15 is 0 Å². The number of nitrogens with one attached hydrogen (secondary N) is 1. The molecule has 1 aromatic heterocycles. The molecule has 39 heavy (non-hydrogen) atoms. The third kappa shape index (κ3) is 7.19. The summed E-state index contributed by atoms with van der Waals surface area (Å²) < 4.78 is 7.47. The first-order chi connectivity index (χ1) is 18.7. The van der Waals surface area contributed by atoms with Crippen molar-refractivity contribution in [1.29, 1.82) is 0 Å². The van der Waals surface area contributed by atoms with Crippen LogP contribution in [0.1, 0.15) is 31.1 Å². The number of benzene rings is 3. The van der Waals surface area contributed by atoms with Gasteiger partial charge in [0.25, 0.3) is 5.91 Å². The molecule has 1 heterocycles. The number of anilines is 1. The van der Waals surface area contributed by atoms with Crippen LogP contribution in [0.5, 0.6) is 5.75 Å². The Kier molecular flexibility index (Phi) is 9.28. The standard InChI is InChI=1S/C30H30Cl2N4O3/c1-4-39-24-12-8-11-23(16-24)36-18-27(21-9-6-5-7-10-21)33-30(36)34-28(37)19-35(17-20(2)3)29(38)25-14-13-22(31)15-26(25)32/h5-16,18,20H,4,17,19H2,1-3H3,(H,33,34,37). The molecule has 0 aliphatic carbocycles. The van der Waals surface area contributed by atoms with E-state index in [-0.39, 0.29) is 34.9 Å². The van der Waals surface area contributed by atoms with Crippen LogP contribution in [0.4, 0.5) is 5.95 Å². The van der Waals surface area contributed by atoms with Gasteiger partial charge in [0.1, 0.15) is 12.3 Å². The molecule has 9 heteroatoms. The SMILES string of the molecule is CCOc1cccc(-n2cc(-c3ccccc3)nc2NC(=O)CN(CC(C)C)C(=O)c2ccc(Cl)cc2Cl)c1. The lowest BCUT2D eigenvalue weighted by Gasteiger charge is -2.24. The quantitative estimate of drug-likeness (QED) is 0.225. The number of hydrogen-bond donors (Lipinski definition) is 1. The molecule has 0 radical (unpaired) electrons. The summed E-state index contributed by atoms with van der Waals surface area (Å²) in [5.41, 5.74) is 2.65. The molecule has 0 unspecified atom stereocenters. The summed E-state index contributed by atoms with van der Waals surface area (Å²) in [6, 6.07) is 21.9.